The molecule has 3 rings (SSSR count). The van der Waals surface area contributed by atoms with Gasteiger partial charge in [-0.05, 0) is 25.1 Å². The quantitative estimate of drug-likeness (QED) is 0.372. The number of hydrogen-bond donors (Lipinski definition) is 0. The fraction of sp³-hybridized carbons (Fsp3) is 0.211. The molecule has 2 aromatic carbocycles. The van der Waals surface area contributed by atoms with Gasteiger partial charge < -0.3 is 9.47 Å². The van der Waals surface area contributed by atoms with E-state index in [4.69, 9.17) is 9.47 Å². The first-order chi connectivity index (χ1) is 13.7. The third-order valence-corrected chi connectivity index (χ3v) is 5.23. The third kappa shape index (κ3) is 4.37. The summed E-state index contributed by atoms with van der Waals surface area (Å²) in [6.07, 6.45) is -4.96. The molecule has 1 atom stereocenters. The van der Waals surface area contributed by atoms with Crippen LogP contribution in [0.4, 0.5) is 18.9 Å². The van der Waals surface area contributed by atoms with Crippen molar-refractivity contribution in [2.75, 3.05) is 6.61 Å². The summed E-state index contributed by atoms with van der Waals surface area (Å²) in [5, 5.41) is 9.96. The van der Waals surface area contributed by atoms with Crippen LogP contribution in [0.1, 0.15) is 17.7 Å². The number of ether oxygens (including phenoxy) is 2. The summed E-state index contributed by atoms with van der Waals surface area (Å²) >= 11 is 0.948. The molecule has 0 amide bonds. The number of rotatable bonds is 5. The van der Waals surface area contributed by atoms with E-state index in [9.17, 15) is 28.1 Å². The number of allylic oxidation sites excluding steroid dienone is 1. The minimum Gasteiger partial charge on any atom is -0.462 e. The second kappa shape index (κ2) is 8.16. The first-order valence-electron chi connectivity index (χ1n) is 8.38. The fourth-order valence-corrected chi connectivity index (χ4v) is 3.98. The molecule has 10 heteroatoms. The number of halogens is 3. The van der Waals surface area contributed by atoms with Gasteiger partial charge in [-0.2, -0.15) is 13.2 Å². The normalized spacial score (nSPS) is 16.1. The van der Waals surface area contributed by atoms with Gasteiger partial charge in [-0.15, -0.1) is 11.8 Å². The number of nitro groups is 1. The summed E-state index contributed by atoms with van der Waals surface area (Å²) in [7, 11) is 0. The Labute approximate surface area is 167 Å². The van der Waals surface area contributed by atoms with Crippen LogP contribution in [0.25, 0.3) is 0 Å². The smallest absolute Gasteiger partial charge is 0.450 e. The van der Waals surface area contributed by atoms with Gasteiger partial charge in [-0.1, -0.05) is 18.2 Å². The van der Waals surface area contributed by atoms with E-state index >= 15 is 0 Å². The molecule has 1 heterocycles. The highest BCUT2D eigenvalue weighted by Crippen LogP contribution is 2.52. The molecule has 29 heavy (non-hydrogen) atoms. The Bertz CT molecular complexity index is 976. The van der Waals surface area contributed by atoms with Crippen LogP contribution in [0.15, 0.2) is 64.8 Å². The van der Waals surface area contributed by atoms with Crippen LogP contribution in [-0.2, 0) is 9.53 Å². The van der Waals surface area contributed by atoms with Crippen LogP contribution in [0, 0.1) is 10.1 Å². The average Bonchev–Trinajstić information content (AvgIpc) is 2.67. The predicted molar refractivity (Wildman–Crippen MR) is 98.5 cm³/mol. The second-order valence-corrected chi connectivity index (χ2v) is 7.03. The number of esters is 1. The molecular formula is C19H14F3NO5S. The molecule has 1 unspecified atom stereocenters. The lowest BCUT2D eigenvalue weighted by molar-refractivity contribution is -0.384. The Morgan fingerprint density at radius 1 is 1.24 bits per heavy atom. The van der Waals surface area contributed by atoms with Crippen molar-refractivity contribution in [3.05, 3.63) is 75.5 Å². The number of hydrogen-bond acceptors (Lipinski definition) is 6. The van der Waals surface area contributed by atoms with Gasteiger partial charge in [0.15, 0.2) is 0 Å². The van der Waals surface area contributed by atoms with Crippen LogP contribution in [0.3, 0.4) is 0 Å². The first kappa shape index (κ1) is 20.7. The molecule has 0 radical (unpaired) electrons. The van der Waals surface area contributed by atoms with Gasteiger partial charge in [0.2, 0.25) is 5.76 Å². The highest BCUT2D eigenvalue weighted by atomic mass is 32.2. The summed E-state index contributed by atoms with van der Waals surface area (Å²) in [5.41, 5.74) is -0.977. The lowest BCUT2D eigenvalue weighted by Gasteiger charge is -2.29. The molecule has 0 aromatic heterocycles. The Morgan fingerprint density at radius 2 is 1.93 bits per heavy atom. The largest absolute Gasteiger partial charge is 0.462 e. The van der Waals surface area contributed by atoms with E-state index in [1.54, 1.807) is 30.3 Å². The molecule has 0 fully saturated rings. The van der Waals surface area contributed by atoms with Crippen LogP contribution >= 0.6 is 11.8 Å². The van der Waals surface area contributed by atoms with E-state index in [1.165, 1.54) is 6.92 Å². The van der Waals surface area contributed by atoms with Crippen molar-refractivity contribution in [1.29, 1.82) is 0 Å². The number of alkyl halides is 3. The molecule has 0 N–H and O–H groups in total. The third-order valence-electron chi connectivity index (χ3n) is 3.96. The van der Waals surface area contributed by atoms with Crippen molar-refractivity contribution >= 4 is 23.4 Å². The molecule has 0 spiro atoms. The molecular weight excluding hydrogens is 411 g/mol. The number of carbonyl (C=O) groups excluding carboxylic acids is 1. The molecule has 0 bridgehead atoms. The molecule has 6 nitrogen and oxygen atoms in total. The topological polar surface area (TPSA) is 78.7 Å². The lowest BCUT2D eigenvalue weighted by atomic mass is 9.98. The summed E-state index contributed by atoms with van der Waals surface area (Å²) in [6.45, 7) is 1.32. The van der Waals surface area contributed by atoms with Crippen LogP contribution in [0.2, 0.25) is 0 Å². The van der Waals surface area contributed by atoms with Gasteiger partial charge in [-0.25, -0.2) is 4.79 Å². The van der Waals surface area contributed by atoms with Gasteiger partial charge in [0.05, 0.1) is 16.8 Å². The minimum atomic E-state index is -4.96. The van der Waals surface area contributed by atoms with Gasteiger partial charge in [0.25, 0.3) is 5.69 Å². The van der Waals surface area contributed by atoms with E-state index in [0.29, 0.717) is 4.90 Å². The minimum absolute atomic E-state index is 0.0871. The number of non-ortho nitro benzene ring substituents is 1. The maximum Gasteiger partial charge on any atom is 0.450 e. The number of thioether (sulfide) groups is 1. The molecule has 0 saturated heterocycles. The highest BCUT2D eigenvalue weighted by Gasteiger charge is 2.48. The van der Waals surface area contributed by atoms with Gasteiger partial charge in [-0.3, -0.25) is 10.1 Å². The van der Waals surface area contributed by atoms with E-state index in [-0.39, 0.29) is 23.6 Å². The zero-order valence-corrected chi connectivity index (χ0v) is 15.8. The maximum absolute atomic E-state index is 13.7. The molecule has 1 aliphatic heterocycles. The SMILES string of the molecule is CCOC(=O)C1=C(C(F)(F)F)Oc2ccc([N+](=O)[O-])cc2C1Sc1ccccc1. The summed E-state index contributed by atoms with van der Waals surface area (Å²) in [4.78, 5) is 23.5. The molecule has 0 aliphatic carbocycles. The maximum atomic E-state index is 13.7. The van der Waals surface area contributed by atoms with Crippen LogP contribution < -0.4 is 4.74 Å². The Morgan fingerprint density at radius 3 is 2.52 bits per heavy atom. The van der Waals surface area contributed by atoms with Crippen molar-refractivity contribution in [2.24, 2.45) is 0 Å². The van der Waals surface area contributed by atoms with E-state index in [2.05, 4.69) is 0 Å². The van der Waals surface area contributed by atoms with E-state index in [1.807, 2.05) is 0 Å². The Hall–Kier alpha value is -3.01. The predicted octanol–water partition coefficient (Wildman–Crippen LogP) is 5.20. The molecule has 1 aliphatic rings. The van der Waals surface area contributed by atoms with E-state index in [0.717, 1.165) is 30.0 Å². The summed E-state index contributed by atoms with van der Waals surface area (Å²) in [6, 6.07) is 11.7. The fourth-order valence-electron chi connectivity index (χ4n) is 2.76. The first-order valence-corrected chi connectivity index (χ1v) is 9.26. The van der Waals surface area contributed by atoms with Crippen LogP contribution in [0.5, 0.6) is 5.75 Å². The van der Waals surface area contributed by atoms with Gasteiger partial charge >= 0.3 is 12.1 Å². The molecule has 2 aromatic rings. The zero-order chi connectivity index (χ0) is 21.2. The molecule has 0 saturated carbocycles. The van der Waals surface area contributed by atoms with Crippen molar-refractivity contribution < 1.29 is 32.4 Å². The van der Waals surface area contributed by atoms with E-state index < -0.39 is 33.7 Å². The summed E-state index contributed by atoms with van der Waals surface area (Å²) < 4.78 is 50.9. The number of nitro benzene ring substituents is 1. The van der Waals surface area contributed by atoms with Crippen molar-refractivity contribution in [3.63, 3.8) is 0 Å². The van der Waals surface area contributed by atoms with Gasteiger partial charge in [0, 0.05) is 22.6 Å². The Balaban J connectivity index is 2.22. The number of carbonyl (C=O) groups is 1. The number of fused-ring (bicyclic) bond motifs is 1. The lowest BCUT2D eigenvalue weighted by Crippen LogP contribution is -2.29. The standard InChI is InChI=1S/C19H14F3NO5S/c1-2-27-18(24)15-16(29-12-6-4-3-5-7-12)13-10-11(23(25)26)8-9-14(13)28-17(15)19(20,21)22/h3-10,16H,2H2,1H3. The van der Waals surface area contributed by atoms with Crippen LogP contribution in [-0.4, -0.2) is 23.7 Å². The van der Waals surface area contributed by atoms with Crippen molar-refractivity contribution in [2.45, 2.75) is 23.2 Å². The Kier molecular flexibility index (Phi) is 5.83. The monoisotopic (exact) mass is 425 g/mol. The zero-order valence-electron chi connectivity index (χ0n) is 14.9. The molecule has 152 valence electrons. The average molecular weight is 425 g/mol. The second-order valence-electron chi connectivity index (χ2n) is 5.85. The van der Waals surface area contributed by atoms with Gasteiger partial charge in [0.1, 0.15) is 11.3 Å². The highest BCUT2D eigenvalue weighted by molar-refractivity contribution is 7.99. The number of nitrogens with zero attached hydrogens (tertiary/aromatic N) is 1. The number of benzene rings is 2. The van der Waals surface area contributed by atoms with Crippen molar-refractivity contribution in [1.82, 2.24) is 0 Å². The summed E-state index contributed by atoms with van der Waals surface area (Å²) in [5.74, 6) is -2.87. The van der Waals surface area contributed by atoms with Crippen molar-refractivity contribution in [3.8, 4) is 5.75 Å².